The van der Waals surface area contributed by atoms with Gasteiger partial charge in [0, 0.05) is 12.2 Å². The Morgan fingerprint density at radius 2 is 2.31 bits per heavy atom. The van der Waals surface area contributed by atoms with Crippen LogP contribution in [0.15, 0.2) is 18.2 Å². The molecule has 0 amide bonds. The summed E-state index contributed by atoms with van der Waals surface area (Å²) in [6.07, 6.45) is 2.13. The van der Waals surface area contributed by atoms with E-state index >= 15 is 0 Å². The van der Waals surface area contributed by atoms with Gasteiger partial charge in [0.25, 0.3) is 0 Å². The Hall–Kier alpha value is -1.05. The molecule has 1 aromatic rings. The van der Waals surface area contributed by atoms with Gasteiger partial charge in [-0.15, -0.1) is 0 Å². The molecule has 0 aliphatic carbocycles. The summed E-state index contributed by atoms with van der Waals surface area (Å²) in [5.41, 5.74) is 2.22. The number of anilines is 1. The minimum Gasteiger partial charge on any atom is -0.385 e. The summed E-state index contributed by atoms with van der Waals surface area (Å²) in [6.45, 7) is 3.22. The van der Waals surface area contributed by atoms with Crippen molar-refractivity contribution >= 4 is 5.69 Å². The smallest absolute Gasteiger partial charge is 0.123 e. The molecule has 0 saturated carbocycles. The van der Waals surface area contributed by atoms with Crippen LogP contribution in [0.5, 0.6) is 0 Å². The van der Waals surface area contributed by atoms with Gasteiger partial charge in [0.2, 0.25) is 0 Å². The molecule has 0 spiro atoms. The number of rotatable bonds is 0. The first-order valence-electron chi connectivity index (χ1n) is 4.78. The molecule has 0 saturated heterocycles. The molecular weight excluding hydrogens is 165 g/mol. The molecule has 1 nitrogen and oxygen atoms in total. The molecule has 13 heavy (non-hydrogen) atoms. The zero-order valence-electron chi connectivity index (χ0n) is 7.81. The minimum atomic E-state index is -0.130. The van der Waals surface area contributed by atoms with Gasteiger partial charge < -0.3 is 5.32 Å². The van der Waals surface area contributed by atoms with Crippen molar-refractivity contribution in [2.45, 2.75) is 19.8 Å². The average Bonchev–Trinajstić information content (AvgIpc) is 2.29. The Bertz CT molecular complexity index is 309. The van der Waals surface area contributed by atoms with E-state index in [9.17, 15) is 4.39 Å². The fraction of sp³-hybridized carbons (Fsp3) is 0.455. The molecule has 0 aromatic heterocycles. The van der Waals surface area contributed by atoms with E-state index in [2.05, 4.69) is 12.2 Å². The van der Waals surface area contributed by atoms with E-state index in [1.807, 2.05) is 6.07 Å². The van der Waals surface area contributed by atoms with E-state index in [-0.39, 0.29) is 5.82 Å². The van der Waals surface area contributed by atoms with Crippen LogP contribution >= 0.6 is 0 Å². The third kappa shape index (κ3) is 1.82. The van der Waals surface area contributed by atoms with Crippen molar-refractivity contribution in [1.29, 1.82) is 0 Å². The highest BCUT2D eigenvalue weighted by molar-refractivity contribution is 5.52. The van der Waals surface area contributed by atoms with Crippen LogP contribution in [0.3, 0.4) is 0 Å². The standard InChI is InChI=1S/C11H14FN/c1-8-2-3-9-6-10(12)4-5-11(9)13-7-8/h4-6,8,13H,2-3,7H2,1H3. The molecule has 0 fully saturated rings. The molecule has 2 rings (SSSR count). The van der Waals surface area contributed by atoms with Crippen molar-refractivity contribution in [2.24, 2.45) is 5.92 Å². The first kappa shape index (κ1) is 8.54. The molecule has 1 aliphatic heterocycles. The summed E-state index contributed by atoms with van der Waals surface area (Å²) in [5, 5.41) is 3.34. The van der Waals surface area contributed by atoms with Crippen LogP contribution in [0.2, 0.25) is 0 Å². The van der Waals surface area contributed by atoms with Crippen molar-refractivity contribution in [1.82, 2.24) is 0 Å². The van der Waals surface area contributed by atoms with Crippen LogP contribution in [0.1, 0.15) is 18.9 Å². The third-order valence-corrected chi connectivity index (χ3v) is 2.61. The molecule has 0 radical (unpaired) electrons. The fourth-order valence-electron chi connectivity index (χ4n) is 1.73. The van der Waals surface area contributed by atoms with E-state index < -0.39 is 0 Å². The molecule has 1 aliphatic rings. The van der Waals surface area contributed by atoms with Gasteiger partial charge in [-0.1, -0.05) is 6.92 Å². The summed E-state index contributed by atoms with van der Waals surface area (Å²) in [5.74, 6) is 0.547. The SMILES string of the molecule is CC1CCc2cc(F)ccc2NC1. The monoisotopic (exact) mass is 179 g/mol. The Morgan fingerprint density at radius 3 is 3.15 bits per heavy atom. The number of aryl methyl sites for hydroxylation is 1. The Kier molecular flexibility index (Phi) is 2.21. The summed E-state index contributed by atoms with van der Waals surface area (Å²) in [4.78, 5) is 0. The third-order valence-electron chi connectivity index (χ3n) is 2.61. The maximum absolute atomic E-state index is 12.9. The Labute approximate surface area is 78.0 Å². The maximum Gasteiger partial charge on any atom is 0.123 e. The predicted molar refractivity (Wildman–Crippen MR) is 52.4 cm³/mol. The number of fused-ring (bicyclic) bond motifs is 1. The van der Waals surface area contributed by atoms with Gasteiger partial charge in [0.1, 0.15) is 5.82 Å². The largest absolute Gasteiger partial charge is 0.385 e. The zero-order chi connectivity index (χ0) is 9.26. The lowest BCUT2D eigenvalue weighted by molar-refractivity contribution is 0.569. The van der Waals surface area contributed by atoms with Crippen molar-refractivity contribution < 1.29 is 4.39 Å². The lowest BCUT2D eigenvalue weighted by Gasteiger charge is -2.07. The molecule has 1 atom stereocenters. The zero-order valence-corrected chi connectivity index (χ0v) is 7.81. The normalized spacial score (nSPS) is 21.5. The number of halogens is 1. The second-order valence-electron chi connectivity index (χ2n) is 3.83. The van der Waals surface area contributed by atoms with Crippen LogP contribution in [-0.2, 0) is 6.42 Å². The van der Waals surface area contributed by atoms with E-state index in [0.717, 1.165) is 30.6 Å². The van der Waals surface area contributed by atoms with Gasteiger partial charge in [0.15, 0.2) is 0 Å². The Balaban J connectivity index is 2.30. The van der Waals surface area contributed by atoms with Gasteiger partial charge >= 0.3 is 0 Å². The Morgan fingerprint density at radius 1 is 1.46 bits per heavy atom. The summed E-state index contributed by atoms with van der Waals surface area (Å²) in [7, 11) is 0. The molecule has 1 aromatic carbocycles. The predicted octanol–water partition coefficient (Wildman–Crippen LogP) is 2.82. The average molecular weight is 179 g/mol. The van der Waals surface area contributed by atoms with Gasteiger partial charge in [-0.3, -0.25) is 0 Å². The second kappa shape index (κ2) is 3.36. The van der Waals surface area contributed by atoms with Gasteiger partial charge in [-0.25, -0.2) is 4.39 Å². The lowest BCUT2D eigenvalue weighted by Crippen LogP contribution is -2.08. The number of nitrogens with one attached hydrogen (secondary N) is 1. The van der Waals surface area contributed by atoms with E-state index in [1.165, 1.54) is 6.07 Å². The van der Waals surface area contributed by atoms with Gasteiger partial charge in [-0.05, 0) is 42.5 Å². The highest BCUT2D eigenvalue weighted by atomic mass is 19.1. The summed E-state index contributed by atoms with van der Waals surface area (Å²) in [6, 6.07) is 4.99. The molecule has 1 N–H and O–H groups in total. The topological polar surface area (TPSA) is 12.0 Å². The number of benzene rings is 1. The van der Waals surface area contributed by atoms with Crippen LogP contribution in [0.25, 0.3) is 0 Å². The van der Waals surface area contributed by atoms with E-state index in [1.54, 1.807) is 6.07 Å². The van der Waals surface area contributed by atoms with Gasteiger partial charge in [0.05, 0.1) is 0 Å². The highest BCUT2D eigenvalue weighted by Crippen LogP contribution is 2.24. The summed E-state index contributed by atoms with van der Waals surface area (Å²) < 4.78 is 12.9. The molecular formula is C11H14FN. The van der Waals surface area contributed by atoms with Crippen molar-refractivity contribution in [3.8, 4) is 0 Å². The molecule has 70 valence electrons. The molecule has 1 heterocycles. The van der Waals surface area contributed by atoms with E-state index in [4.69, 9.17) is 0 Å². The van der Waals surface area contributed by atoms with Crippen LogP contribution < -0.4 is 5.32 Å². The first-order valence-corrected chi connectivity index (χ1v) is 4.78. The quantitative estimate of drug-likeness (QED) is 0.645. The van der Waals surface area contributed by atoms with Crippen molar-refractivity contribution in [3.63, 3.8) is 0 Å². The van der Waals surface area contributed by atoms with Crippen LogP contribution in [-0.4, -0.2) is 6.54 Å². The maximum atomic E-state index is 12.9. The first-order chi connectivity index (χ1) is 6.25. The van der Waals surface area contributed by atoms with Crippen LogP contribution in [0.4, 0.5) is 10.1 Å². The minimum absolute atomic E-state index is 0.130. The van der Waals surface area contributed by atoms with Gasteiger partial charge in [-0.2, -0.15) is 0 Å². The molecule has 1 unspecified atom stereocenters. The lowest BCUT2D eigenvalue weighted by atomic mass is 10.0. The number of hydrogen-bond donors (Lipinski definition) is 1. The fourth-order valence-corrected chi connectivity index (χ4v) is 1.73. The van der Waals surface area contributed by atoms with E-state index in [0.29, 0.717) is 5.92 Å². The summed E-state index contributed by atoms with van der Waals surface area (Å²) >= 11 is 0. The number of hydrogen-bond acceptors (Lipinski definition) is 1. The molecule has 0 bridgehead atoms. The van der Waals surface area contributed by atoms with Crippen molar-refractivity contribution in [3.05, 3.63) is 29.6 Å². The highest BCUT2D eigenvalue weighted by Gasteiger charge is 2.11. The second-order valence-corrected chi connectivity index (χ2v) is 3.83. The van der Waals surface area contributed by atoms with Crippen molar-refractivity contribution in [2.75, 3.05) is 11.9 Å². The van der Waals surface area contributed by atoms with Crippen LogP contribution in [0, 0.1) is 11.7 Å². The molecule has 2 heteroatoms.